The van der Waals surface area contributed by atoms with Gasteiger partial charge in [-0.25, -0.2) is 9.97 Å². The molecule has 9 nitrogen and oxygen atoms in total. The number of nitrogen functional groups attached to an aromatic ring is 1. The van der Waals surface area contributed by atoms with Gasteiger partial charge in [-0.15, -0.1) is 0 Å². The van der Waals surface area contributed by atoms with Crippen LogP contribution in [-0.2, 0) is 9.53 Å². The van der Waals surface area contributed by atoms with Crippen molar-refractivity contribution in [3.8, 4) is 11.1 Å². The fourth-order valence-electron chi connectivity index (χ4n) is 3.73. The molecule has 1 aromatic carbocycles. The summed E-state index contributed by atoms with van der Waals surface area (Å²) in [4.78, 5) is 32.4. The normalized spacial score (nSPS) is 14.2. The van der Waals surface area contributed by atoms with Crippen LogP contribution in [0, 0.1) is 6.92 Å². The van der Waals surface area contributed by atoms with Crippen molar-refractivity contribution in [1.29, 1.82) is 0 Å². The number of rotatable bonds is 7. The molecule has 34 heavy (non-hydrogen) atoms. The molecule has 0 saturated carbocycles. The Morgan fingerprint density at radius 1 is 1.12 bits per heavy atom. The lowest BCUT2D eigenvalue weighted by atomic mass is 9.97. The molecular formula is C25H29N7O2. The van der Waals surface area contributed by atoms with Crippen molar-refractivity contribution in [2.24, 2.45) is 4.99 Å². The molecule has 0 aliphatic carbocycles. The molecule has 0 radical (unpaired) electrons. The predicted molar refractivity (Wildman–Crippen MR) is 134 cm³/mol. The first-order chi connectivity index (χ1) is 16.5. The van der Waals surface area contributed by atoms with Crippen LogP contribution in [0.15, 0.2) is 54.0 Å². The van der Waals surface area contributed by atoms with Crippen LogP contribution < -0.4 is 16.0 Å². The number of carbonyl (C=O) groups is 1. The molecule has 2 aromatic heterocycles. The van der Waals surface area contributed by atoms with Crippen molar-refractivity contribution < 1.29 is 9.53 Å². The van der Waals surface area contributed by atoms with Gasteiger partial charge >= 0.3 is 0 Å². The van der Waals surface area contributed by atoms with E-state index in [2.05, 4.69) is 36.2 Å². The number of hydrogen-bond donors (Lipinski definition) is 2. The third-order valence-corrected chi connectivity index (χ3v) is 5.56. The molecule has 1 saturated heterocycles. The lowest BCUT2D eigenvalue weighted by Gasteiger charge is -2.28. The zero-order valence-corrected chi connectivity index (χ0v) is 19.5. The largest absolute Gasteiger partial charge is 0.378 e. The fraction of sp³-hybridized carbons (Fsp3) is 0.320. The van der Waals surface area contributed by atoms with Gasteiger partial charge in [0.1, 0.15) is 5.71 Å². The average molecular weight is 460 g/mol. The van der Waals surface area contributed by atoms with Crippen LogP contribution in [0.2, 0.25) is 0 Å². The summed E-state index contributed by atoms with van der Waals surface area (Å²) in [5, 5.41) is 2.83. The van der Waals surface area contributed by atoms with Crippen LogP contribution in [0.5, 0.6) is 0 Å². The van der Waals surface area contributed by atoms with Crippen molar-refractivity contribution >= 4 is 28.9 Å². The number of nitrogens with zero attached hydrogens (tertiary/aromatic N) is 5. The van der Waals surface area contributed by atoms with Crippen molar-refractivity contribution in [3.63, 3.8) is 0 Å². The van der Waals surface area contributed by atoms with E-state index in [1.807, 2.05) is 44.4 Å². The molecule has 1 aliphatic heterocycles. The number of aryl methyl sites for hydroxylation is 1. The van der Waals surface area contributed by atoms with Crippen molar-refractivity contribution in [2.45, 2.75) is 20.3 Å². The summed E-state index contributed by atoms with van der Waals surface area (Å²) in [6.45, 7) is 7.65. The predicted octanol–water partition coefficient (Wildman–Crippen LogP) is 3.10. The Morgan fingerprint density at radius 2 is 1.88 bits per heavy atom. The van der Waals surface area contributed by atoms with Crippen LogP contribution in [0.3, 0.4) is 0 Å². The van der Waals surface area contributed by atoms with E-state index in [1.54, 1.807) is 0 Å². The van der Waals surface area contributed by atoms with Gasteiger partial charge in [0.05, 0.1) is 43.2 Å². The van der Waals surface area contributed by atoms with Gasteiger partial charge in [-0.05, 0) is 36.6 Å². The number of anilines is 3. The lowest BCUT2D eigenvalue weighted by Crippen LogP contribution is -2.36. The number of pyridine rings is 1. The number of aliphatic imine (C=N–C) groups is 1. The molecular weight excluding hydrogens is 430 g/mol. The number of nitrogens with two attached hydrogens (primary N) is 1. The molecule has 0 spiro atoms. The standard InChI is InChI=1S/C25H29N7O2/c1-3-6-28-23(24(33)31-20-14-29-25(26)30-15-20)22-12-18(5-4-17(22)2)19-11-21(16-27-13-19)32-7-9-34-10-8-32/h4-5,11-16H,3,6-10H2,1-2H3,(H,31,33)(H2,26,29,30)/b28-23+. The van der Waals surface area contributed by atoms with Gasteiger partial charge in [-0.3, -0.25) is 14.8 Å². The van der Waals surface area contributed by atoms with Gasteiger partial charge in [0.25, 0.3) is 5.91 Å². The molecule has 3 N–H and O–H groups in total. The van der Waals surface area contributed by atoms with Crippen LogP contribution in [0.4, 0.5) is 17.3 Å². The summed E-state index contributed by atoms with van der Waals surface area (Å²) in [5.41, 5.74) is 11.1. The number of ether oxygens (including phenoxy) is 1. The van der Waals surface area contributed by atoms with Gasteiger partial charge in [0, 0.05) is 37.0 Å². The minimum atomic E-state index is -0.317. The molecule has 3 heterocycles. The monoisotopic (exact) mass is 459 g/mol. The van der Waals surface area contributed by atoms with Crippen molar-refractivity contribution in [1.82, 2.24) is 15.0 Å². The van der Waals surface area contributed by atoms with Gasteiger partial charge in [0.15, 0.2) is 0 Å². The first kappa shape index (κ1) is 23.3. The second-order valence-corrected chi connectivity index (χ2v) is 8.08. The highest BCUT2D eigenvalue weighted by Gasteiger charge is 2.18. The maximum atomic E-state index is 13.2. The highest BCUT2D eigenvalue weighted by Crippen LogP contribution is 2.27. The molecule has 9 heteroatoms. The Morgan fingerprint density at radius 3 is 2.62 bits per heavy atom. The van der Waals surface area contributed by atoms with Crippen LogP contribution in [0.25, 0.3) is 11.1 Å². The van der Waals surface area contributed by atoms with Crippen LogP contribution >= 0.6 is 0 Å². The van der Waals surface area contributed by atoms with Crippen molar-refractivity contribution in [3.05, 3.63) is 60.2 Å². The topological polar surface area (TPSA) is 119 Å². The quantitative estimate of drug-likeness (QED) is 0.521. The molecule has 3 aromatic rings. The summed E-state index contributed by atoms with van der Waals surface area (Å²) >= 11 is 0. The van der Waals surface area contributed by atoms with E-state index in [4.69, 9.17) is 10.5 Å². The maximum absolute atomic E-state index is 13.2. The third-order valence-electron chi connectivity index (χ3n) is 5.56. The maximum Gasteiger partial charge on any atom is 0.274 e. The van der Waals surface area contributed by atoms with Crippen LogP contribution in [0.1, 0.15) is 24.5 Å². The lowest BCUT2D eigenvalue weighted by molar-refractivity contribution is -0.110. The molecule has 1 amide bonds. The minimum absolute atomic E-state index is 0.148. The van der Waals surface area contributed by atoms with Gasteiger partial charge < -0.3 is 20.7 Å². The Bertz CT molecular complexity index is 1170. The second kappa shape index (κ2) is 10.8. The molecule has 1 fully saturated rings. The summed E-state index contributed by atoms with van der Waals surface area (Å²) in [7, 11) is 0. The van der Waals surface area contributed by atoms with E-state index in [9.17, 15) is 4.79 Å². The fourth-order valence-corrected chi connectivity index (χ4v) is 3.73. The summed E-state index contributed by atoms with van der Waals surface area (Å²) in [5.74, 6) is -0.170. The summed E-state index contributed by atoms with van der Waals surface area (Å²) in [6.07, 6.45) is 7.49. The number of carbonyl (C=O) groups excluding carboxylic acids is 1. The number of amides is 1. The summed E-state index contributed by atoms with van der Waals surface area (Å²) < 4.78 is 5.47. The number of aromatic nitrogens is 3. The third kappa shape index (κ3) is 5.55. The van der Waals surface area contributed by atoms with E-state index in [-0.39, 0.29) is 11.9 Å². The van der Waals surface area contributed by atoms with E-state index >= 15 is 0 Å². The van der Waals surface area contributed by atoms with E-state index < -0.39 is 0 Å². The van der Waals surface area contributed by atoms with Gasteiger partial charge in [-0.2, -0.15) is 0 Å². The number of morpholine rings is 1. The Hall–Kier alpha value is -3.85. The van der Waals surface area contributed by atoms with E-state index in [0.29, 0.717) is 31.2 Å². The van der Waals surface area contributed by atoms with Gasteiger partial charge in [0.2, 0.25) is 5.95 Å². The van der Waals surface area contributed by atoms with Gasteiger partial charge in [-0.1, -0.05) is 19.1 Å². The number of benzene rings is 1. The highest BCUT2D eigenvalue weighted by atomic mass is 16.5. The Balaban J connectivity index is 1.65. The Labute approximate surface area is 199 Å². The highest BCUT2D eigenvalue weighted by molar-refractivity contribution is 6.49. The zero-order valence-electron chi connectivity index (χ0n) is 19.5. The second-order valence-electron chi connectivity index (χ2n) is 8.08. The van der Waals surface area contributed by atoms with E-state index in [1.165, 1.54) is 12.4 Å². The molecule has 4 rings (SSSR count). The average Bonchev–Trinajstić information content (AvgIpc) is 2.87. The molecule has 1 aliphatic rings. The first-order valence-corrected chi connectivity index (χ1v) is 11.4. The molecule has 0 atom stereocenters. The minimum Gasteiger partial charge on any atom is -0.378 e. The number of nitrogens with one attached hydrogen (secondary N) is 1. The first-order valence-electron chi connectivity index (χ1n) is 11.4. The summed E-state index contributed by atoms with van der Waals surface area (Å²) in [6, 6.07) is 8.18. The van der Waals surface area contributed by atoms with E-state index in [0.717, 1.165) is 47.5 Å². The number of hydrogen-bond acceptors (Lipinski definition) is 8. The zero-order chi connectivity index (χ0) is 23.9. The molecule has 0 unspecified atom stereocenters. The van der Waals surface area contributed by atoms with Crippen molar-refractivity contribution in [2.75, 3.05) is 48.8 Å². The molecule has 0 bridgehead atoms. The Kier molecular flexibility index (Phi) is 7.44. The SMILES string of the molecule is CCC/N=C(/C(=O)Nc1cnc(N)nc1)c1cc(-c2cncc(N3CCOCC3)c2)ccc1C. The van der Waals surface area contributed by atoms with Crippen LogP contribution in [-0.4, -0.2) is 59.4 Å². The smallest absolute Gasteiger partial charge is 0.274 e. The molecule has 176 valence electrons.